The normalized spacial score (nSPS) is 10.6. The van der Waals surface area contributed by atoms with Crippen molar-refractivity contribution in [1.29, 1.82) is 0 Å². The van der Waals surface area contributed by atoms with E-state index in [1.54, 1.807) is 47.8 Å². The van der Waals surface area contributed by atoms with E-state index in [1.807, 2.05) is 24.3 Å². The second-order valence-electron chi connectivity index (χ2n) is 6.13. The van der Waals surface area contributed by atoms with Crippen LogP contribution >= 0.6 is 23.5 Å². The molecule has 0 saturated carbocycles. The summed E-state index contributed by atoms with van der Waals surface area (Å²) in [7, 11) is 0. The summed E-state index contributed by atoms with van der Waals surface area (Å²) in [4.78, 5) is 26.6. The fourth-order valence-corrected chi connectivity index (χ4v) is 4.24. The molecule has 0 bridgehead atoms. The molecule has 2 aromatic rings. The summed E-state index contributed by atoms with van der Waals surface area (Å²) in [5, 5.41) is 0. The van der Waals surface area contributed by atoms with Crippen molar-refractivity contribution in [2.45, 2.75) is 49.3 Å². The first-order valence-electron chi connectivity index (χ1n) is 9.36. The average Bonchev–Trinajstić information content (AvgIpc) is 2.69. The Morgan fingerprint density at radius 1 is 0.704 bits per heavy atom. The van der Waals surface area contributed by atoms with Gasteiger partial charge < -0.3 is 4.74 Å². The first-order chi connectivity index (χ1) is 13.1. The fourth-order valence-electron chi connectivity index (χ4n) is 2.25. The number of benzene rings is 2. The lowest BCUT2D eigenvalue weighted by Gasteiger charge is -2.06. The van der Waals surface area contributed by atoms with Crippen molar-refractivity contribution in [1.82, 2.24) is 0 Å². The van der Waals surface area contributed by atoms with Crippen LogP contribution < -0.4 is 0 Å². The van der Waals surface area contributed by atoms with E-state index in [-0.39, 0.29) is 0 Å². The zero-order chi connectivity index (χ0) is 19.5. The first kappa shape index (κ1) is 21.6. The lowest BCUT2D eigenvalue weighted by atomic mass is 10.2. The van der Waals surface area contributed by atoms with Crippen molar-refractivity contribution in [2.24, 2.45) is 0 Å². The molecule has 0 aliphatic rings. The molecule has 0 N–H and O–H groups in total. The van der Waals surface area contributed by atoms with Crippen molar-refractivity contribution < 1.29 is 14.3 Å². The van der Waals surface area contributed by atoms with Gasteiger partial charge in [-0.2, -0.15) is 0 Å². The van der Waals surface area contributed by atoms with Crippen molar-refractivity contribution in [3.63, 3.8) is 0 Å². The number of hydrogen-bond acceptors (Lipinski definition) is 5. The molecule has 0 aliphatic heterocycles. The van der Waals surface area contributed by atoms with Crippen LogP contribution in [0.4, 0.5) is 0 Å². The maximum Gasteiger partial charge on any atom is 0.346 e. The Labute approximate surface area is 170 Å². The van der Waals surface area contributed by atoms with E-state index >= 15 is 0 Å². The number of rotatable bonds is 10. The molecule has 144 valence electrons. The Hall–Kier alpha value is -1.72. The summed E-state index contributed by atoms with van der Waals surface area (Å²) in [6, 6.07) is 14.4. The average molecular weight is 403 g/mol. The standard InChI is InChI=1S/C22H26O3S2/c1-3-5-15-26-19-11-7-17(8-12-19)21(23)25-22(24)18-9-13-20(14-10-18)27-16-6-4-2/h7-14H,3-6,15-16H2,1-2H3. The lowest BCUT2D eigenvalue weighted by Crippen LogP contribution is -2.12. The molecule has 0 saturated heterocycles. The van der Waals surface area contributed by atoms with E-state index in [0.717, 1.165) is 34.1 Å². The molecule has 0 aliphatic carbocycles. The molecule has 3 nitrogen and oxygen atoms in total. The molecule has 2 aromatic carbocycles. The molecule has 0 atom stereocenters. The third-order valence-corrected chi connectivity index (χ3v) is 6.10. The molecular weight excluding hydrogens is 376 g/mol. The number of esters is 2. The van der Waals surface area contributed by atoms with Crippen LogP contribution in [0.1, 0.15) is 60.2 Å². The van der Waals surface area contributed by atoms with Gasteiger partial charge in [0.15, 0.2) is 0 Å². The van der Waals surface area contributed by atoms with Crippen molar-refractivity contribution in [2.75, 3.05) is 11.5 Å². The van der Waals surface area contributed by atoms with E-state index in [9.17, 15) is 9.59 Å². The van der Waals surface area contributed by atoms with Gasteiger partial charge in [0, 0.05) is 9.79 Å². The van der Waals surface area contributed by atoms with Crippen LogP contribution in [-0.2, 0) is 4.74 Å². The zero-order valence-corrected chi connectivity index (χ0v) is 17.5. The molecule has 0 radical (unpaired) electrons. The van der Waals surface area contributed by atoms with Gasteiger partial charge in [-0.25, -0.2) is 9.59 Å². The SMILES string of the molecule is CCCCSc1ccc(C(=O)OC(=O)c2ccc(SCCCC)cc2)cc1. The minimum absolute atomic E-state index is 0.384. The molecule has 0 heterocycles. The third-order valence-electron chi connectivity index (χ3n) is 3.90. The summed E-state index contributed by atoms with van der Waals surface area (Å²) in [6.45, 7) is 4.32. The van der Waals surface area contributed by atoms with Gasteiger partial charge in [-0.1, -0.05) is 26.7 Å². The maximum atomic E-state index is 12.2. The van der Waals surface area contributed by atoms with Crippen LogP contribution in [0.5, 0.6) is 0 Å². The quantitative estimate of drug-likeness (QED) is 0.197. The van der Waals surface area contributed by atoms with Gasteiger partial charge >= 0.3 is 11.9 Å². The molecule has 2 rings (SSSR count). The highest BCUT2D eigenvalue weighted by Crippen LogP contribution is 2.21. The van der Waals surface area contributed by atoms with Crippen LogP contribution in [-0.4, -0.2) is 23.4 Å². The molecular formula is C22H26O3S2. The lowest BCUT2D eigenvalue weighted by molar-refractivity contribution is 0.0397. The van der Waals surface area contributed by atoms with Gasteiger partial charge in [0.2, 0.25) is 0 Å². The molecule has 27 heavy (non-hydrogen) atoms. The molecule has 0 aromatic heterocycles. The van der Waals surface area contributed by atoms with Crippen LogP contribution in [0, 0.1) is 0 Å². The van der Waals surface area contributed by atoms with Crippen LogP contribution in [0.2, 0.25) is 0 Å². The Bertz CT molecular complexity index is 661. The van der Waals surface area contributed by atoms with E-state index in [2.05, 4.69) is 13.8 Å². The summed E-state index contributed by atoms with van der Waals surface area (Å²) >= 11 is 3.53. The molecule has 5 heteroatoms. The van der Waals surface area contributed by atoms with E-state index in [4.69, 9.17) is 4.74 Å². The van der Waals surface area contributed by atoms with Gasteiger partial charge in [-0.05, 0) is 72.9 Å². The molecule has 0 amide bonds. The predicted molar refractivity (Wildman–Crippen MR) is 114 cm³/mol. The largest absolute Gasteiger partial charge is 0.386 e. The maximum absolute atomic E-state index is 12.2. The predicted octanol–water partition coefficient (Wildman–Crippen LogP) is 6.47. The second kappa shape index (κ2) is 11.9. The number of thioether (sulfide) groups is 2. The minimum atomic E-state index is -0.619. The summed E-state index contributed by atoms with van der Waals surface area (Å²) < 4.78 is 5.01. The zero-order valence-electron chi connectivity index (χ0n) is 15.9. The Morgan fingerprint density at radius 3 is 1.41 bits per heavy atom. The Kier molecular flexibility index (Phi) is 9.50. The third kappa shape index (κ3) is 7.43. The number of carbonyl (C=O) groups is 2. The van der Waals surface area contributed by atoms with Gasteiger partial charge in [-0.3, -0.25) is 0 Å². The molecule has 0 fully saturated rings. The summed E-state index contributed by atoms with van der Waals surface area (Å²) in [5.74, 6) is 0.884. The van der Waals surface area contributed by atoms with Crippen LogP contribution in [0.3, 0.4) is 0 Å². The van der Waals surface area contributed by atoms with Gasteiger partial charge in [-0.15, -0.1) is 23.5 Å². The molecule has 0 spiro atoms. The Balaban J connectivity index is 1.88. The van der Waals surface area contributed by atoms with Crippen LogP contribution in [0.25, 0.3) is 0 Å². The van der Waals surface area contributed by atoms with Crippen LogP contribution in [0.15, 0.2) is 58.3 Å². The highest BCUT2D eigenvalue weighted by atomic mass is 32.2. The van der Waals surface area contributed by atoms with Gasteiger partial charge in [0.05, 0.1) is 11.1 Å². The Morgan fingerprint density at radius 2 is 1.07 bits per heavy atom. The van der Waals surface area contributed by atoms with E-state index < -0.39 is 11.9 Å². The van der Waals surface area contributed by atoms with Gasteiger partial charge in [0.1, 0.15) is 0 Å². The first-order valence-corrected chi connectivity index (χ1v) is 11.3. The minimum Gasteiger partial charge on any atom is -0.386 e. The smallest absolute Gasteiger partial charge is 0.346 e. The van der Waals surface area contributed by atoms with Crippen molar-refractivity contribution >= 4 is 35.5 Å². The highest BCUT2D eigenvalue weighted by Gasteiger charge is 2.15. The monoisotopic (exact) mass is 402 g/mol. The van der Waals surface area contributed by atoms with Gasteiger partial charge in [0.25, 0.3) is 0 Å². The number of ether oxygens (including phenoxy) is 1. The summed E-state index contributed by atoms with van der Waals surface area (Å²) in [6.07, 6.45) is 4.66. The topological polar surface area (TPSA) is 43.4 Å². The number of hydrogen-bond donors (Lipinski definition) is 0. The second-order valence-corrected chi connectivity index (χ2v) is 8.47. The van der Waals surface area contributed by atoms with E-state index in [1.165, 1.54) is 12.8 Å². The highest BCUT2D eigenvalue weighted by molar-refractivity contribution is 7.99. The number of carbonyl (C=O) groups excluding carboxylic acids is 2. The van der Waals surface area contributed by atoms with Crippen molar-refractivity contribution in [3.05, 3.63) is 59.7 Å². The van der Waals surface area contributed by atoms with E-state index in [0.29, 0.717) is 11.1 Å². The number of unbranched alkanes of at least 4 members (excludes halogenated alkanes) is 2. The summed E-state index contributed by atoms with van der Waals surface area (Å²) in [5.41, 5.74) is 0.768. The fraction of sp³-hybridized carbons (Fsp3) is 0.364. The van der Waals surface area contributed by atoms with Crippen molar-refractivity contribution in [3.8, 4) is 0 Å². The molecule has 0 unspecified atom stereocenters.